The fourth-order valence-corrected chi connectivity index (χ4v) is 1.97. The number of hydrogen-bond donors (Lipinski definition) is 3. The van der Waals surface area contributed by atoms with Crippen LogP contribution in [0.5, 0.6) is 0 Å². The lowest BCUT2D eigenvalue weighted by Gasteiger charge is -2.15. The fraction of sp³-hybridized carbons (Fsp3) is 0.188. The summed E-state index contributed by atoms with van der Waals surface area (Å²) < 4.78 is 50.9. The van der Waals surface area contributed by atoms with E-state index in [1.54, 1.807) is 0 Å². The lowest BCUT2D eigenvalue weighted by atomic mass is 10.1. The molecule has 128 valence electrons. The Labute approximate surface area is 135 Å². The van der Waals surface area contributed by atoms with Crippen LogP contribution in [0.15, 0.2) is 48.5 Å². The van der Waals surface area contributed by atoms with E-state index in [0.717, 1.165) is 18.2 Å². The molecule has 0 aromatic heterocycles. The molecule has 24 heavy (non-hydrogen) atoms. The number of benzene rings is 2. The highest BCUT2D eigenvalue weighted by Crippen LogP contribution is 2.30. The van der Waals surface area contributed by atoms with Gasteiger partial charge in [0.25, 0.3) is 0 Å². The van der Waals surface area contributed by atoms with Crippen LogP contribution >= 0.6 is 0 Å². The van der Waals surface area contributed by atoms with Gasteiger partial charge in [0.05, 0.1) is 11.7 Å². The quantitative estimate of drug-likeness (QED) is 0.742. The van der Waals surface area contributed by atoms with Gasteiger partial charge in [-0.1, -0.05) is 18.2 Å². The van der Waals surface area contributed by atoms with Gasteiger partial charge in [0.2, 0.25) is 0 Å². The Hall–Kier alpha value is -2.61. The van der Waals surface area contributed by atoms with Crippen LogP contribution in [0.1, 0.15) is 17.2 Å². The number of amides is 2. The molecule has 2 aromatic carbocycles. The molecule has 0 spiro atoms. The molecule has 0 radical (unpaired) electrons. The van der Waals surface area contributed by atoms with Crippen molar-refractivity contribution in [2.45, 2.75) is 12.3 Å². The van der Waals surface area contributed by atoms with Crippen molar-refractivity contribution < 1.29 is 27.5 Å². The minimum Gasteiger partial charge on any atom is -0.387 e. The molecule has 0 aliphatic rings. The van der Waals surface area contributed by atoms with Gasteiger partial charge in [-0.15, -0.1) is 0 Å². The largest absolute Gasteiger partial charge is 0.416 e. The van der Waals surface area contributed by atoms with Crippen LogP contribution < -0.4 is 10.6 Å². The maximum atomic E-state index is 13.0. The van der Waals surface area contributed by atoms with E-state index in [9.17, 15) is 27.5 Å². The second-order valence-corrected chi connectivity index (χ2v) is 4.98. The SMILES string of the molecule is O=C(NCC(O)c1cccc(C(F)(F)F)c1)Nc1cccc(F)c1. The minimum atomic E-state index is -4.52. The molecule has 0 aliphatic carbocycles. The molecule has 2 aromatic rings. The predicted octanol–water partition coefficient (Wildman–Crippen LogP) is 3.70. The van der Waals surface area contributed by atoms with Gasteiger partial charge >= 0.3 is 12.2 Å². The Morgan fingerprint density at radius 1 is 1.12 bits per heavy atom. The fourth-order valence-electron chi connectivity index (χ4n) is 1.97. The summed E-state index contributed by atoms with van der Waals surface area (Å²) in [4.78, 5) is 11.6. The van der Waals surface area contributed by atoms with E-state index in [4.69, 9.17) is 0 Å². The first-order valence-electron chi connectivity index (χ1n) is 6.91. The van der Waals surface area contributed by atoms with Gasteiger partial charge in [-0.2, -0.15) is 13.2 Å². The van der Waals surface area contributed by atoms with Gasteiger partial charge in [0, 0.05) is 12.2 Å². The molecule has 0 saturated heterocycles. The van der Waals surface area contributed by atoms with Crippen molar-refractivity contribution in [3.63, 3.8) is 0 Å². The number of anilines is 1. The molecular formula is C16H14F4N2O2. The molecule has 0 bridgehead atoms. The zero-order chi connectivity index (χ0) is 17.7. The first kappa shape index (κ1) is 17.7. The number of hydrogen-bond acceptors (Lipinski definition) is 2. The second kappa shape index (κ2) is 7.31. The Morgan fingerprint density at radius 3 is 2.50 bits per heavy atom. The van der Waals surface area contributed by atoms with Crippen molar-refractivity contribution in [1.82, 2.24) is 5.32 Å². The van der Waals surface area contributed by atoms with Gasteiger partial charge in [0.1, 0.15) is 5.82 Å². The van der Waals surface area contributed by atoms with Crippen LogP contribution in [-0.4, -0.2) is 17.7 Å². The summed E-state index contributed by atoms with van der Waals surface area (Å²) in [7, 11) is 0. The summed E-state index contributed by atoms with van der Waals surface area (Å²) in [6.45, 7) is -0.303. The van der Waals surface area contributed by atoms with Crippen LogP contribution in [0.2, 0.25) is 0 Å². The van der Waals surface area contributed by atoms with Gasteiger partial charge < -0.3 is 15.7 Å². The van der Waals surface area contributed by atoms with Gasteiger partial charge in [-0.05, 0) is 35.9 Å². The molecule has 0 saturated carbocycles. The lowest BCUT2D eigenvalue weighted by molar-refractivity contribution is -0.137. The first-order chi connectivity index (χ1) is 11.3. The first-order valence-corrected chi connectivity index (χ1v) is 6.91. The number of carbonyl (C=O) groups is 1. The third-order valence-electron chi connectivity index (χ3n) is 3.14. The van der Waals surface area contributed by atoms with E-state index in [0.29, 0.717) is 0 Å². The van der Waals surface area contributed by atoms with E-state index in [1.807, 2.05) is 0 Å². The average molecular weight is 342 g/mol. The summed E-state index contributed by atoms with van der Waals surface area (Å²) in [6, 6.07) is 8.67. The molecule has 4 nitrogen and oxygen atoms in total. The Bertz CT molecular complexity index is 719. The van der Waals surface area contributed by atoms with Crippen LogP contribution in [0.25, 0.3) is 0 Å². The molecular weight excluding hydrogens is 328 g/mol. The molecule has 2 rings (SSSR count). The molecule has 8 heteroatoms. The third-order valence-corrected chi connectivity index (χ3v) is 3.14. The predicted molar refractivity (Wildman–Crippen MR) is 79.8 cm³/mol. The summed E-state index contributed by atoms with van der Waals surface area (Å²) in [6.07, 6.45) is -5.83. The van der Waals surface area contributed by atoms with Crippen LogP contribution in [0.3, 0.4) is 0 Å². The van der Waals surface area contributed by atoms with E-state index < -0.39 is 29.7 Å². The Kier molecular flexibility index (Phi) is 5.40. The summed E-state index contributed by atoms with van der Waals surface area (Å²) in [5.41, 5.74) is -0.653. The summed E-state index contributed by atoms with van der Waals surface area (Å²) >= 11 is 0. The van der Waals surface area contributed by atoms with Crippen LogP contribution in [0, 0.1) is 5.82 Å². The number of rotatable bonds is 4. The van der Waals surface area contributed by atoms with Crippen LogP contribution in [-0.2, 0) is 6.18 Å². The molecule has 0 heterocycles. The topological polar surface area (TPSA) is 61.4 Å². The van der Waals surface area contributed by atoms with Gasteiger partial charge in [0.15, 0.2) is 0 Å². The molecule has 3 N–H and O–H groups in total. The normalized spacial score (nSPS) is 12.5. The van der Waals surface area contributed by atoms with Crippen molar-refractivity contribution >= 4 is 11.7 Å². The standard InChI is InChI=1S/C16H14F4N2O2/c17-12-5-2-6-13(8-12)22-15(24)21-9-14(23)10-3-1-4-11(7-10)16(18,19)20/h1-8,14,23H,9H2,(H2,21,22,24). The van der Waals surface area contributed by atoms with E-state index in [1.165, 1.54) is 30.3 Å². The molecule has 2 amide bonds. The monoisotopic (exact) mass is 342 g/mol. The van der Waals surface area contributed by atoms with E-state index >= 15 is 0 Å². The number of halogens is 4. The highest BCUT2D eigenvalue weighted by Gasteiger charge is 2.30. The Balaban J connectivity index is 1.93. The van der Waals surface area contributed by atoms with Gasteiger partial charge in [-0.25, -0.2) is 9.18 Å². The van der Waals surface area contributed by atoms with Gasteiger partial charge in [-0.3, -0.25) is 0 Å². The number of alkyl halides is 3. The number of aliphatic hydroxyl groups excluding tert-OH is 1. The second-order valence-electron chi connectivity index (χ2n) is 4.98. The lowest BCUT2D eigenvalue weighted by Crippen LogP contribution is -2.32. The molecule has 1 atom stereocenters. The highest BCUT2D eigenvalue weighted by molar-refractivity contribution is 5.89. The smallest absolute Gasteiger partial charge is 0.387 e. The number of urea groups is 1. The molecule has 0 fully saturated rings. The zero-order valence-corrected chi connectivity index (χ0v) is 12.3. The van der Waals surface area contributed by atoms with E-state index in [-0.39, 0.29) is 17.8 Å². The minimum absolute atomic E-state index is 0.0240. The van der Waals surface area contributed by atoms with Crippen molar-refractivity contribution in [2.24, 2.45) is 0 Å². The maximum Gasteiger partial charge on any atom is 0.416 e. The third kappa shape index (κ3) is 4.95. The number of carbonyl (C=O) groups excluding carboxylic acids is 1. The van der Waals surface area contributed by atoms with Crippen molar-refractivity contribution in [3.8, 4) is 0 Å². The van der Waals surface area contributed by atoms with Crippen LogP contribution in [0.4, 0.5) is 28.0 Å². The summed E-state index contributed by atoms with van der Waals surface area (Å²) in [5.74, 6) is -0.531. The Morgan fingerprint density at radius 2 is 1.83 bits per heavy atom. The number of nitrogens with one attached hydrogen (secondary N) is 2. The number of aliphatic hydroxyl groups is 1. The van der Waals surface area contributed by atoms with Crippen molar-refractivity contribution in [3.05, 3.63) is 65.5 Å². The maximum absolute atomic E-state index is 13.0. The molecule has 1 unspecified atom stereocenters. The molecule has 0 aliphatic heterocycles. The average Bonchev–Trinajstić information content (AvgIpc) is 2.52. The zero-order valence-electron chi connectivity index (χ0n) is 12.3. The highest BCUT2D eigenvalue weighted by atomic mass is 19.4. The van der Waals surface area contributed by atoms with E-state index in [2.05, 4.69) is 10.6 Å². The summed E-state index contributed by atoms with van der Waals surface area (Å²) in [5, 5.41) is 14.5. The van der Waals surface area contributed by atoms with Crippen molar-refractivity contribution in [1.29, 1.82) is 0 Å². The van der Waals surface area contributed by atoms with Crippen molar-refractivity contribution in [2.75, 3.05) is 11.9 Å².